The van der Waals surface area contributed by atoms with E-state index in [9.17, 15) is 9.59 Å². The molecule has 0 unspecified atom stereocenters. The molecule has 0 aliphatic heterocycles. The Bertz CT molecular complexity index is 901. The van der Waals surface area contributed by atoms with Crippen molar-refractivity contribution >= 4 is 28.5 Å². The summed E-state index contributed by atoms with van der Waals surface area (Å²) in [5.41, 5.74) is 8.36. The molecule has 3 aromatic rings. The first-order chi connectivity index (χ1) is 12.1. The molecule has 126 valence electrons. The Hall–Kier alpha value is -3.41. The average molecular weight is 334 g/mol. The van der Waals surface area contributed by atoms with Crippen LogP contribution in [0.15, 0.2) is 60.8 Å². The molecule has 1 aromatic heterocycles. The van der Waals surface area contributed by atoms with Crippen LogP contribution in [0.2, 0.25) is 0 Å². The lowest BCUT2D eigenvalue weighted by Gasteiger charge is -2.08. The van der Waals surface area contributed by atoms with Crippen molar-refractivity contribution in [3.8, 4) is 0 Å². The fraction of sp³-hybridized carbons (Fsp3) is 0.105. The van der Waals surface area contributed by atoms with Gasteiger partial charge in [-0.1, -0.05) is 36.4 Å². The number of aromatic nitrogens is 1. The third kappa shape index (κ3) is 4.32. The van der Waals surface area contributed by atoms with Crippen LogP contribution in [-0.4, -0.2) is 16.9 Å². The molecule has 6 heteroatoms. The van der Waals surface area contributed by atoms with Crippen LogP contribution >= 0.6 is 0 Å². The highest BCUT2D eigenvalue weighted by Gasteiger charge is 2.07. The summed E-state index contributed by atoms with van der Waals surface area (Å²) in [5.74, 6) is -0.0718. The zero-order valence-electron chi connectivity index (χ0n) is 13.5. The van der Waals surface area contributed by atoms with Crippen LogP contribution < -0.4 is 16.4 Å². The molecule has 0 bridgehead atoms. The summed E-state index contributed by atoms with van der Waals surface area (Å²) < 4.78 is 0. The molecule has 25 heavy (non-hydrogen) atoms. The van der Waals surface area contributed by atoms with E-state index in [2.05, 4.69) is 15.6 Å². The molecular formula is C19H18N4O2. The van der Waals surface area contributed by atoms with Crippen LogP contribution in [0, 0.1) is 0 Å². The van der Waals surface area contributed by atoms with Crippen LogP contribution in [0.4, 0.5) is 10.5 Å². The highest BCUT2D eigenvalue weighted by atomic mass is 16.2. The predicted octanol–water partition coefficient (Wildman–Crippen LogP) is 2.58. The molecule has 0 spiro atoms. The van der Waals surface area contributed by atoms with Crippen molar-refractivity contribution in [1.29, 1.82) is 0 Å². The predicted molar refractivity (Wildman–Crippen MR) is 96.9 cm³/mol. The second-order valence-corrected chi connectivity index (χ2v) is 5.63. The van der Waals surface area contributed by atoms with E-state index in [1.54, 1.807) is 18.3 Å². The Labute approximate surface area is 145 Å². The second-order valence-electron chi connectivity index (χ2n) is 5.63. The van der Waals surface area contributed by atoms with E-state index in [1.165, 1.54) is 0 Å². The zero-order valence-corrected chi connectivity index (χ0v) is 13.5. The number of carbonyl (C=O) groups excluding carboxylic acids is 2. The molecule has 0 radical (unpaired) electrons. The number of urea groups is 1. The van der Waals surface area contributed by atoms with E-state index in [-0.39, 0.29) is 12.3 Å². The smallest absolute Gasteiger partial charge is 0.316 e. The van der Waals surface area contributed by atoms with Crippen LogP contribution in [0.25, 0.3) is 10.9 Å². The van der Waals surface area contributed by atoms with Gasteiger partial charge in [0.15, 0.2) is 0 Å². The van der Waals surface area contributed by atoms with Gasteiger partial charge in [-0.15, -0.1) is 0 Å². The molecule has 0 saturated carbocycles. The van der Waals surface area contributed by atoms with E-state index < -0.39 is 6.03 Å². The topological polar surface area (TPSA) is 97.1 Å². The lowest BCUT2D eigenvalue weighted by molar-refractivity contribution is -0.120. The zero-order chi connectivity index (χ0) is 17.6. The maximum atomic E-state index is 12.2. The fourth-order valence-corrected chi connectivity index (χ4v) is 2.59. The van der Waals surface area contributed by atoms with Crippen molar-refractivity contribution < 1.29 is 9.59 Å². The summed E-state index contributed by atoms with van der Waals surface area (Å²) in [6, 6.07) is 16.2. The largest absolute Gasteiger partial charge is 0.352 e. The van der Waals surface area contributed by atoms with Gasteiger partial charge in [0, 0.05) is 23.8 Å². The number of hydrogen-bond donors (Lipinski definition) is 3. The maximum absolute atomic E-state index is 12.2. The number of nitrogens with one attached hydrogen (secondary N) is 2. The number of amides is 3. The number of pyridine rings is 1. The minimum absolute atomic E-state index is 0.0718. The Morgan fingerprint density at radius 3 is 2.52 bits per heavy atom. The molecule has 0 aliphatic rings. The van der Waals surface area contributed by atoms with Gasteiger partial charge in [-0.3, -0.25) is 9.78 Å². The van der Waals surface area contributed by atoms with Gasteiger partial charge in [-0.05, 0) is 29.3 Å². The molecule has 4 N–H and O–H groups in total. The van der Waals surface area contributed by atoms with Gasteiger partial charge in [0.1, 0.15) is 0 Å². The average Bonchev–Trinajstić information content (AvgIpc) is 2.61. The van der Waals surface area contributed by atoms with E-state index in [0.29, 0.717) is 12.2 Å². The fourth-order valence-electron chi connectivity index (χ4n) is 2.59. The Balaban J connectivity index is 1.60. The molecule has 3 rings (SSSR count). The third-order valence-electron chi connectivity index (χ3n) is 3.78. The highest BCUT2D eigenvalue weighted by molar-refractivity contribution is 5.88. The number of anilines is 1. The first-order valence-electron chi connectivity index (χ1n) is 7.86. The first-order valence-corrected chi connectivity index (χ1v) is 7.86. The van der Waals surface area contributed by atoms with Crippen molar-refractivity contribution in [3.63, 3.8) is 0 Å². The molecule has 1 heterocycles. The van der Waals surface area contributed by atoms with Crippen molar-refractivity contribution in [1.82, 2.24) is 10.3 Å². The number of para-hydroxylation sites is 1. The van der Waals surface area contributed by atoms with E-state index >= 15 is 0 Å². The van der Waals surface area contributed by atoms with E-state index in [4.69, 9.17) is 5.73 Å². The summed E-state index contributed by atoms with van der Waals surface area (Å²) in [6.45, 7) is 0.411. The van der Waals surface area contributed by atoms with Crippen molar-refractivity contribution in [3.05, 3.63) is 71.9 Å². The molecule has 2 aromatic carbocycles. The maximum Gasteiger partial charge on any atom is 0.316 e. The van der Waals surface area contributed by atoms with Crippen LogP contribution in [0.5, 0.6) is 0 Å². The van der Waals surface area contributed by atoms with Crippen LogP contribution in [-0.2, 0) is 17.8 Å². The Morgan fingerprint density at radius 1 is 1.00 bits per heavy atom. The van der Waals surface area contributed by atoms with Gasteiger partial charge in [0.2, 0.25) is 5.91 Å². The molecule has 0 saturated heterocycles. The summed E-state index contributed by atoms with van der Waals surface area (Å²) in [6.07, 6.45) is 2.00. The summed E-state index contributed by atoms with van der Waals surface area (Å²) in [4.78, 5) is 27.4. The molecule has 0 fully saturated rings. The third-order valence-corrected chi connectivity index (χ3v) is 3.78. The minimum Gasteiger partial charge on any atom is -0.352 e. The molecule has 0 aliphatic carbocycles. The van der Waals surface area contributed by atoms with Gasteiger partial charge in [-0.2, -0.15) is 0 Å². The lowest BCUT2D eigenvalue weighted by atomic mass is 10.1. The molecular weight excluding hydrogens is 316 g/mol. The summed E-state index contributed by atoms with van der Waals surface area (Å²) >= 11 is 0. The van der Waals surface area contributed by atoms with E-state index in [1.807, 2.05) is 42.5 Å². The number of nitrogens with zero attached hydrogens (tertiary/aromatic N) is 1. The van der Waals surface area contributed by atoms with Crippen LogP contribution in [0.1, 0.15) is 11.1 Å². The Kier molecular flexibility index (Phi) is 4.89. The van der Waals surface area contributed by atoms with E-state index in [0.717, 1.165) is 22.0 Å². The first kappa shape index (κ1) is 16.4. The number of rotatable bonds is 5. The number of carbonyl (C=O) groups is 2. The number of benzene rings is 2. The standard InChI is InChI=1S/C19H18N4O2/c20-19(25)23-16-8-6-13(7-9-16)12-22-17(24)11-15-4-1-3-14-5-2-10-21-18(14)15/h1-10H,11-12H2,(H,22,24)(H3,20,23,25). The van der Waals surface area contributed by atoms with Gasteiger partial charge in [0.25, 0.3) is 0 Å². The number of primary amides is 1. The highest BCUT2D eigenvalue weighted by Crippen LogP contribution is 2.16. The number of fused-ring (bicyclic) bond motifs is 1. The molecule has 0 atom stereocenters. The van der Waals surface area contributed by atoms with Crippen molar-refractivity contribution in [2.24, 2.45) is 5.73 Å². The quantitative estimate of drug-likeness (QED) is 0.669. The second kappa shape index (κ2) is 7.44. The summed E-state index contributed by atoms with van der Waals surface area (Å²) in [5, 5.41) is 6.40. The molecule has 6 nitrogen and oxygen atoms in total. The number of nitrogens with two attached hydrogens (primary N) is 1. The van der Waals surface area contributed by atoms with Crippen LogP contribution in [0.3, 0.4) is 0 Å². The molecule has 3 amide bonds. The SMILES string of the molecule is NC(=O)Nc1ccc(CNC(=O)Cc2cccc3cccnc23)cc1. The van der Waals surface area contributed by atoms with Crippen molar-refractivity contribution in [2.45, 2.75) is 13.0 Å². The lowest BCUT2D eigenvalue weighted by Crippen LogP contribution is -2.24. The van der Waals surface area contributed by atoms with Gasteiger partial charge >= 0.3 is 6.03 Å². The summed E-state index contributed by atoms with van der Waals surface area (Å²) in [7, 11) is 0. The van der Waals surface area contributed by atoms with Crippen molar-refractivity contribution in [2.75, 3.05) is 5.32 Å². The van der Waals surface area contributed by atoms with Gasteiger partial charge in [0.05, 0.1) is 11.9 Å². The van der Waals surface area contributed by atoms with Gasteiger partial charge < -0.3 is 16.4 Å². The monoisotopic (exact) mass is 334 g/mol. The normalized spacial score (nSPS) is 10.4. The number of hydrogen-bond acceptors (Lipinski definition) is 3. The van der Waals surface area contributed by atoms with Gasteiger partial charge in [-0.25, -0.2) is 4.79 Å². The Morgan fingerprint density at radius 2 is 1.76 bits per heavy atom. The minimum atomic E-state index is -0.607.